The number of rotatable bonds is 5. The molecule has 0 radical (unpaired) electrons. The smallest absolute Gasteiger partial charge is 0.225 e. The number of carbonyl (C=O) groups excluding carboxylic acids is 2. The van der Waals surface area contributed by atoms with Crippen LogP contribution in [-0.2, 0) is 9.59 Å². The molecule has 3 rings (SSSR count). The number of hydrogen-bond acceptors (Lipinski definition) is 10. The number of aromatic nitrogens is 3. The number of fused-ring (bicyclic) bond motifs is 1. The van der Waals surface area contributed by atoms with E-state index in [1.807, 2.05) is 6.07 Å². The molecule has 0 saturated heterocycles. The molecule has 0 fully saturated rings. The van der Waals surface area contributed by atoms with E-state index in [0.29, 0.717) is 21.5 Å². The van der Waals surface area contributed by atoms with E-state index in [1.54, 1.807) is 6.92 Å². The molecular formula is C17H14N8O3S. The quantitative estimate of drug-likeness (QED) is 0.542. The molecule has 0 aliphatic heterocycles. The van der Waals surface area contributed by atoms with E-state index in [-0.39, 0.29) is 35.4 Å². The number of azo groups is 1. The molecule has 0 unspecified atom stereocenters. The van der Waals surface area contributed by atoms with E-state index in [2.05, 4.69) is 35.2 Å². The molecule has 0 bridgehead atoms. The van der Waals surface area contributed by atoms with Gasteiger partial charge in [0.15, 0.2) is 16.6 Å². The summed E-state index contributed by atoms with van der Waals surface area (Å²) in [7, 11) is 0. The van der Waals surface area contributed by atoms with Gasteiger partial charge in [-0.15, -0.1) is 10.2 Å². The molecule has 12 heteroatoms. The number of nitrogens with one attached hydrogen (secondary N) is 2. The number of nitriles is 1. The minimum absolute atomic E-state index is 0.0321. The predicted molar refractivity (Wildman–Crippen MR) is 105 cm³/mol. The van der Waals surface area contributed by atoms with Gasteiger partial charge in [0.1, 0.15) is 11.6 Å². The van der Waals surface area contributed by atoms with Crippen LogP contribution in [0.3, 0.4) is 0 Å². The van der Waals surface area contributed by atoms with Gasteiger partial charge in [0, 0.05) is 31.8 Å². The summed E-state index contributed by atoms with van der Waals surface area (Å²) in [5.41, 5.74) is 0.877. The molecule has 2 amide bonds. The van der Waals surface area contributed by atoms with E-state index in [9.17, 15) is 14.7 Å². The molecule has 0 aliphatic rings. The fourth-order valence-corrected chi connectivity index (χ4v) is 2.96. The molecule has 0 aromatic carbocycles. The molecule has 3 N–H and O–H groups in total. The van der Waals surface area contributed by atoms with Crippen molar-refractivity contribution >= 4 is 56.6 Å². The van der Waals surface area contributed by atoms with Crippen molar-refractivity contribution in [1.82, 2.24) is 14.3 Å². The van der Waals surface area contributed by atoms with Crippen molar-refractivity contribution in [1.29, 1.82) is 5.26 Å². The minimum Gasteiger partial charge on any atom is -0.504 e. The summed E-state index contributed by atoms with van der Waals surface area (Å²) in [4.78, 5) is 31.2. The lowest BCUT2D eigenvalue weighted by Crippen LogP contribution is -2.12. The van der Waals surface area contributed by atoms with Crippen molar-refractivity contribution in [3.05, 3.63) is 24.0 Å². The van der Waals surface area contributed by atoms with Crippen LogP contribution in [0.2, 0.25) is 0 Å². The normalized spacial score (nSPS) is 10.8. The van der Waals surface area contributed by atoms with Gasteiger partial charge < -0.3 is 15.7 Å². The highest BCUT2D eigenvalue weighted by atomic mass is 32.1. The Bertz CT molecular complexity index is 1180. The predicted octanol–water partition coefficient (Wildman–Crippen LogP) is 3.39. The summed E-state index contributed by atoms with van der Waals surface area (Å²) in [5.74, 6) is -1.23. The first-order valence-electron chi connectivity index (χ1n) is 8.29. The monoisotopic (exact) mass is 410 g/mol. The molecule has 3 aromatic rings. The number of anilines is 2. The van der Waals surface area contributed by atoms with Crippen LogP contribution in [0.1, 0.15) is 25.8 Å². The third kappa shape index (κ3) is 4.30. The molecule has 29 heavy (non-hydrogen) atoms. The Morgan fingerprint density at radius 3 is 2.79 bits per heavy atom. The topological polar surface area (TPSA) is 166 Å². The minimum atomic E-state index is -0.404. The van der Waals surface area contributed by atoms with Crippen molar-refractivity contribution in [2.45, 2.75) is 20.3 Å². The number of hydrogen-bond donors (Lipinski definition) is 3. The highest BCUT2D eigenvalue weighted by Gasteiger charge is 2.15. The van der Waals surface area contributed by atoms with Crippen molar-refractivity contribution < 1.29 is 14.7 Å². The Labute approximate surface area is 168 Å². The zero-order chi connectivity index (χ0) is 21.0. The van der Waals surface area contributed by atoms with Gasteiger partial charge in [-0.1, -0.05) is 6.92 Å². The van der Waals surface area contributed by atoms with Crippen LogP contribution in [0.4, 0.5) is 22.3 Å². The van der Waals surface area contributed by atoms with Gasteiger partial charge in [-0.2, -0.15) is 9.64 Å². The Morgan fingerprint density at radius 2 is 2.10 bits per heavy atom. The van der Waals surface area contributed by atoms with Crippen LogP contribution in [0.5, 0.6) is 5.75 Å². The van der Waals surface area contributed by atoms with Crippen molar-refractivity contribution in [3.8, 4) is 11.8 Å². The summed E-state index contributed by atoms with van der Waals surface area (Å²) in [6, 6.07) is 3.22. The summed E-state index contributed by atoms with van der Waals surface area (Å²) in [5, 5.41) is 33.2. The van der Waals surface area contributed by atoms with Crippen LogP contribution in [0, 0.1) is 11.3 Å². The number of aromatic hydroxyl groups is 1. The maximum atomic E-state index is 11.6. The van der Waals surface area contributed by atoms with Crippen molar-refractivity contribution in [2.24, 2.45) is 10.2 Å². The fraction of sp³-hybridized carbons (Fsp3) is 0.176. The van der Waals surface area contributed by atoms with E-state index in [0.717, 1.165) is 11.5 Å². The van der Waals surface area contributed by atoms with E-state index in [1.165, 1.54) is 25.4 Å². The molecule has 3 heterocycles. The van der Waals surface area contributed by atoms with Crippen molar-refractivity contribution in [3.63, 3.8) is 0 Å². The first-order valence-corrected chi connectivity index (χ1v) is 9.07. The van der Waals surface area contributed by atoms with Gasteiger partial charge in [0.05, 0.1) is 16.6 Å². The maximum absolute atomic E-state index is 11.6. The van der Waals surface area contributed by atoms with Crippen molar-refractivity contribution in [2.75, 3.05) is 10.6 Å². The highest BCUT2D eigenvalue weighted by Crippen LogP contribution is 2.36. The maximum Gasteiger partial charge on any atom is 0.225 e. The molecule has 0 atom stereocenters. The molecule has 0 spiro atoms. The number of nitrogens with zero attached hydrogens (tertiary/aromatic N) is 6. The molecular weight excluding hydrogens is 396 g/mol. The second kappa shape index (κ2) is 8.36. The number of pyridine rings is 2. The Kier molecular flexibility index (Phi) is 5.70. The fourth-order valence-electron chi connectivity index (χ4n) is 2.26. The SMILES string of the molecule is CCC(=O)Nc1nc(/N=N/c2snc3c(C#N)cncc23)c(NC(C)=O)cc1O. The zero-order valence-electron chi connectivity index (χ0n) is 15.3. The van der Waals surface area contributed by atoms with Gasteiger partial charge in [-0.3, -0.25) is 14.6 Å². The van der Waals surface area contributed by atoms with Gasteiger partial charge in [-0.05, 0) is 11.5 Å². The molecule has 0 saturated carbocycles. The summed E-state index contributed by atoms with van der Waals surface area (Å²) < 4.78 is 4.19. The Morgan fingerprint density at radius 1 is 1.31 bits per heavy atom. The summed E-state index contributed by atoms with van der Waals surface area (Å²) >= 11 is 1.02. The van der Waals surface area contributed by atoms with Crippen LogP contribution >= 0.6 is 11.5 Å². The first-order chi connectivity index (χ1) is 13.9. The van der Waals surface area contributed by atoms with Gasteiger partial charge in [-0.25, -0.2) is 4.98 Å². The number of amides is 2. The average molecular weight is 410 g/mol. The molecule has 146 valence electrons. The lowest BCUT2D eigenvalue weighted by Gasteiger charge is -2.10. The third-order valence-corrected chi connectivity index (χ3v) is 4.35. The molecule has 11 nitrogen and oxygen atoms in total. The second-order valence-corrected chi connectivity index (χ2v) is 6.44. The first kappa shape index (κ1) is 19.8. The largest absolute Gasteiger partial charge is 0.504 e. The number of carbonyl (C=O) groups is 2. The molecule has 0 aliphatic carbocycles. The van der Waals surface area contributed by atoms with Gasteiger partial charge in [0.25, 0.3) is 0 Å². The van der Waals surface area contributed by atoms with E-state index >= 15 is 0 Å². The summed E-state index contributed by atoms with van der Waals surface area (Å²) in [6.07, 6.45) is 3.11. The second-order valence-electron chi connectivity index (χ2n) is 5.69. The van der Waals surface area contributed by atoms with E-state index in [4.69, 9.17) is 5.26 Å². The highest BCUT2D eigenvalue weighted by molar-refractivity contribution is 7.11. The zero-order valence-corrected chi connectivity index (χ0v) is 16.1. The lowest BCUT2D eigenvalue weighted by atomic mass is 10.2. The van der Waals surface area contributed by atoms with Crippen LogP contribution < -0.4 is 10.6 Å². The van der Waals surface area contributed by atoms with Crippen LogP contribution in [-0.4, -0.2) is 31.3 Å². The van der Waals surface area contributed by atoms with E-state index < -0.39 is 5.91 Å². The van der Waals surface area contributed by atoms with Crippen LogP contribution in [0.15, 0.2) is 28.7 Å². The lowest BCUT2D eigenvalue weighted by molar-refractivity contribution is -0.116. The van der Waals surface area contributed by atoms with Crippen LogP contribution in [0.25, 0.3) is 10.9 Å². The summed E-state index contributed by atoms with van der Waals surface area (Å²) in [6.45, 7) is 2.94. The Balaban J connectivity index is 2.04. The Hall–Kier alpha value is -3.98. The van der Waals surface area contributed by atoms with Gasteiger partial charge in [0.2, 0.25) is 17.6 Å². The third-order valence-electron chi connectivity index (χ3n) is 3.60. The molecule has 3 aromatic heterocycles. The average Bonchev–Trinajstić information content (AvgIpc) is 3.11. The standard InChI is InChI=1S/C17H14N8O3S/c1-3-13(28)21-16-12(27)4-11(20-8(2)26)15(22-16)23-24-17-10-7-19-6-9(5-18)14(10)25-29-17/h4,6-7,27H,3H2,1-2H3,(H,20,26)(H,21,22,28)/b24-23+. The van der Waals surface area contributed by atoms with Gasteiger partial charge >= 0.3 is 0 Å².